The van der Waals surface area contributed by atoms with Gasteiger partial charge in [-0.05, 0) is 48.2 Å². The average Bonchev–Trinajstić information content (AvgIpc) is 2.69. The van der Waals surface area contributed by atoms with Crippen molar-refractivity contribution in [2.45, 2.75) is 31.9 Å². The third kappa shape index (κ3) is 6.73. The molecule has 2 atom stereocenters. The molecule has 3 N–H and O–H groups in total. The standard InChI is InChI=1S/C21H21Cl2NO6/c1-2-30-21(29)18(25)11-16(24-19(26)20(27)28)9-14-7-6-13(10-17(14)23)12-4-3-5-15(22)8-12/h3-8,10,16,18,25H,2,9,11H2,1H3,(H,24,26)(H,27,28)/t16-,18-/m1/s1. The number of carboxylic acids is 1. The summed E-state index contributed by atoms with van der Waals surface area (Å²) in [6, 6.07) is 11.6. The zero-order chi connectivity index (χ0) is 22.3. The van der Waals surface area contributed by atoms with Crippen LogP contribution in [-0.4, -0.2) is 46.8 Å². The minimum absolute atomic E-state index is 0.0822. The van der Waals surface area contributed by atoms with Gasteiger partial charge >= 0.3 is 17.8 Å². The summed E-state index contributed by atoms with van der Waals surface area (Å²) in [4.78, 5) is 34.2. The number of rotatable bonds is 8. The number of halogens is 2. The molecule has 2 aromatic rings. The van der Waals surface area contributed by atoms with Crippen LogP contribution in [0.25, 0.3) is 11.1 Å². The lowest BCUT2D eigenvalue weighted by atomic mass is 9.97. The van der Waals surface area contributed by atoms with E-state index in [-0.39, 0.29) is 19.4 Å². The number of carboxylic acid groups (broad SMARTS) is 1. The van der Waals surface area contributed by atoms with E-state index in [4.69, 9.17) is 33.0 Å². The second-order valence-electron chi connectivity index (χ2n) is 6.50. The van der Waals surface area contributed by atoms with Gasteiger partial charge in [-0.2, -0.15) is 0 Å². The molecule has 0 saturated carbocycles. The van der Waals surface area contributed by atoms with Crippen molar-refractivity contribution in [1.82, 2.24) is 5.32 Å². The first-order chi connectivity index (χ1) is 14.2. The van der Waals surface area contributed by atoms with Crippen molar-refractivity contribution in [2.75, 3.05) is 6.61 Å². The predicted molar refractivity (Wildman–Crippen MR) is 112 cm³/mol. The van der Waals surface area contributed by atoms with E-state index in [1.54, 1.807) is 31.2 Å². The van der Waals surface area contributed by atoms with Crippen molar-refractivity contribution >= 4 is 41.0 Å². The van der Waals surface area contributed by atoms with E-state index in [0.29, 0.717) is 15.6 Å². The van der Waals surface area contributed by atoms with Gasteiger partial charge in [0.25, 0.3) is 0 Å². The Bertz CT molecular complexity index is 933. The molecule has 0 aliphatic heterocycles. The summed E-state index contributed by atoms with van der Waals surface area (Å²) in [5, 5.41) is 22.1. The fraction of sp³-hybridized carbons (Fsp3) is 0.286. The van der Waals surface area contributed by atoms with Crippen LogP contribution in [0.4, 0.5) is 0 Å². The number of aliphatic carboxylic acids is 1. The van der Waals surface area contributed by atoms with Gasteiger partial charge < -0.3 is 20.3 Å². The number of benzene rings is 2. The molecule has 0 unspecified atom stereocenters. The summed E-state index contributed by atoms with van der Waals surface area (Å²) in [5.74, 6) is -3.77. The number of esters is 1. The minimum Gasteiger partial charge on any atom is -0.474 e. The number of nitrogens with one attached hydrogen (secondary N) is 1. The first-order valence-electron chi connectivity index (χ1n) is 9.14. The Kier molecular flexibility index (Phi) is 8.65. The van der Waals surface area contributed by atoms with Crippen LogP contribution in [0, 0.1) is 0 Å². The number of hydrogen-bond acceptors (Lipinski definition) is 5. The number of carbonyl (C=O) groups excluding carboxylic acids is 2. The van der Waals surface area contributed by atoms with Crippen molar-refractivity contribution in [3.63, 3.8) is 0 Å². The highest BCUT2D eigenvalue weighted by Gasteiger charge is 2.26. The Hall–Kier alpha value is -2.61. The molecule has 2 aromatic carbocycles. The van der Waals surface area contributed by atoms with Crippen LogP contribution < -0.4 is 5.32 Å². The highest BCUT2D eigenvalue weighted by atomic mass is 35.5. The second-order valence-corrected chi connectivity index (χ2v) is 7.34. The number of carbonyl (C=O) groups is 3. The number of amides is 1. The molecule has 9 heteroatoms. The maximum Gasteiger partial charge on any atom is 0.394 e. The molecule has 0 spiro atoms. The predicted octanol–water partition coefficient (Wildman–Crippen LogP) is 3.09. The number of aliphatic hydroxyl groups is 1. The van der Waals surface area contributed by atoms with Crippen LogP contribution in [-0.2, 0) is 25.5 Å². The van der Waals surface area contributed by atoms with Crippen LogP contribution in [0.2, 0.25) is 10.0 Å². The van der Waals surface area contributed by atoms with Gasteiger partial charge in [0.1, 0.15) is 0 Å². The van der Waals surface area contributed by atoms with Crippen molar-refractivity contribution in [2.24, 2.45) is 0 Å². The largest absolute Gasteiger partial charge is 0.474 e. The Morgan fingerprint density at radius 3 is 2.40 bits per heavy atom. The molecule has 0 bridgehead atoms. The zero-order valence-corrected chi connectivity index (χ0v) is 17.6. The normalized spacial score (nSPS) is 12.7. The number of ether oxygens (including phenoxy) is 1. The summed E-state index contributed by atoms with van der Waals surface area (Å²) < 4.78 is 4.75. The van der Waals surface area contributed by atoms with E-state index in [0.717, 1.165) is 11.1 Å². The van der Waals surface area contributed by atoms with Gasteiger partial charge in [-0.3, -0.25) is 4.79 Å². The summed E-state index contributed by atoms with van der Waals surface area (Å²) >= 11 is 12.4. The first-order valence-corrected chi connectivity index (χ1v) is 9.89. The summed E-state index contributed by atoms with van der Waals surface area (Å²) in [6.45, 7) is 1.67. The molecule has 7 nitrogen and oxygen atoms in total. The van der Waals surface area contributed by atoms with E-state index < -0.39 is 30.0 Å². The molecule has 2 rings (SSSR count). The SMILES string of the molecule is CCOC(=O)[C@H](O)C[C@@H](Cc1ccc(-c2cccc(Cl)c2)cc1Cl)NC(=O)C(=O)O. The van der Waals surface area contributed by atoms with Gasteiger partial charge in [0.05, 0.1) is 6.61 Å². The monoisotopic (exact) mass is 453 g/mol. The van der Waals surface area contributed by atoms with E-state index >= 15 is 0 Å². The summed E-state index contributed by atoms with van der Waals surface area (Å²) in [6.07, 6.45) is -1.65. The first kappa shape index (κ1) is 23.7. The summed E-state index contributed by atoms with van der Waals surface area (Å²) in [7, 11) is 0. The average molecular weight is 454 g/mol. The van der Waals surface area contributed by atoms with E-state index in [1.807, 2.05) is 18.2 Å². The molecule has 0 fully saturated rings. The van der Waals surface area contributed by atoms with Crippen LogP contribution in [0.5, 0.6) is 0 Å². The van der Waals surface area contributed by atoms with Crippen LogP contribution in [0.3, 0.4) is 0 Å². The van der Waals surface area contributed by atoms with Gasteiger partial charge in [-0.25, -0.2) is 9.59 Å². The smallest absolute Gasteiger partial charge is 0.394 e. The number of hydrogen-bond donors (Lipinski definition) is 3. The fourth-order valence-corrected chi connectivity index (χ4v) is 3.32. The van der Waals surface area contributed by atoms with E-state index in [9.17, 15) is 19.5 Å². The van der Waals surface area contributed by atoms with Gasteiger partial charge in [0, 0.05) is 22.5 Å². The topological polar surface area (TPSA) is 113 Å². The fourth-order valence-electron chi connectivity index (χ4n) is 2.87. The van der Waals surface area contributed by atoms with Crippen LogP contribution in [0.1, 0.15) is 18.9 Å². The third-order valence-corrected chi connectivity index (χ3v) is 4.86. The summed E-state index contributed by atoms with van der Waals surface area (Å²) in [5.41, 5.74) is 2.29. The van der Waals surface area contributed by atoms with Crippen LogP contribution in [0.15, 0.2) is 42.5 Å². The highest BCUT2D eigenvalue weighted by Crippen LogP contribution is 2.28. The Balaban J connectivity index is 2.22. The van der Waals surface area contributed by atoms with E-state index in [1.165, 1.54) is 0 Å². The molecule has 0 aromatic heterocycles. The second kappa shape index (κ2) is 11.0. The third-order valence-electron chi connectivity index (χ3n) is 4.27. The maximum absolute atomic E-state index is 11.7. The molecule has 0 aliphatic carbocycles. The minimum atomic E-state index is -1.67. The van der Waals surface area contributed by atoms with Gasteiger partial charge in [-0.1, -0.05) is 47.5 Å². The highest BCUT2D eigenvalue weighted by molar-refractivity contribution is 6.32. The number of aliphatic hydroxyl groups excluding tert-OH is 1. The molecule has 0 heterocycles. The molecule has 30 heavy (non-hydrogen) atoms. The zero-order valence-electron chi connectivity index (χ0n) is 16.1. The van der Waals surface area contributed by atoms with Gasteiger partial charge in [0.15, 0.2) is 6.10 Å². The molecule has 0 saturated heterocycles. The van der Waals surface area contributed by atoms with Gasteiger partial charge in [0.2, 0.25) is 0 Å². The lowest BCUT2D eigenvalue weighted by molar-refractivity contribution is -0.154. The quantitative estimate of drug-likeness (QED) is 0.418. The van der Waals surface area contributed by atoms with Crippen molar-refractivity contribution in [3.8, 4) is 11.1 Å². The Morgan fingerprint density at radius 1 is 1.10 bits per heavy atom. The molecule has 160 valence electrons. The maximum atomic E-state index is 11.7. The van der Waals surface area contributed by atoms with Crippen molar-refractivity contribution < 1.29 is 29.3 Å². The van der Waals surface area contributed by atoms with Crippen LogP contribution >= 0.6 is 23.2 Å². The molecular weight excluding hydrogens is 433 g/mol. The lowest BCUT2D eigenvalue weighted by Crippen LogP contribution is -2.43. The molecule has 0 radical (unpaired) electrons. The molecule has 1 amide bonds. The Labute approximate surface area is 183 Å². The lowest BCUT2D eigenvalue weighted by Gasteiger charge is -2.21. The van der Waals surface area contributed by atoms with E-state index in [2.05, 4.69) is 5.32 Å². The van der Waals surface area contributed by atoms with Crippen molar-refractivity contribution in [3.05, 3.63) is 58.1 Å². The van der Waals surface area contributed by atoms with Crippen molar-refractivity contribution in [1.29, 1.82) is 0 Å². The van der Waals surface area contributed by atoms with Gasteiger partial charge in [-0.15, -0.1) is 0 Å². The Morgan fingerprint density at radius 2 is 1.80 bits per heavy atom. The molecular formula is C21H21Cl2NO6. The molecule has 0 aliphatic rings.